The third-order valence-corrected chi connectivity index (χ3v) is 8.28. The van der Waals surface area contributed by atoms with Gasteiger partial charge in [0.15, 0.2) is 11.6 Å². The summed E-state index contributed by atoms with van der Waals surface area (Å²) in [6.07, 6.45) is 1.49. The molecule has 1 aromatic heterocycles. The fraction of sp³-hybridized carbons (Fsp3) is 0.303. The van der Waals surface area contributed by atoms with Gasteiger partial charge in [-0.1, -0.05) is 51.1 Å². The number of hydrogen-bond acceptors (Lipinski definition) is 6. The SMILES string of the molecule is Cn1cc(-c2cccc(NC(=O)c3ccc(C(C)(C)C)cc3)c2F)nc(Nc2ccc(CN3CCSCC3)cc2)c1=O. The van der Waals surface area contributed by atoms with Gasteiger partial charge in [-0.15, -0.1) is 0 Å². The standard InChI is InChI=1S/C33H36FN5O2S/c1-33(2,3)24-12-10-23(11-13-24)31(40)37-27-7-5-6-26(29(27)34)28-21-38(4)32(41)30(36-28)35-25-14-8-22(9-15-25)20-39-16-18-42-19-17-39/h5-15,21H,16-20H2,1-4H3,(H,35,36)(H,37,40). The second-order valence-corrected chi connectivity index (χ2v) is 12.8. The molecule has 2 N–H and O–H groups in total. The molecule has 1 aliphatic rings. The second kappa shape index (κ2) is 12.5. The number of carbonyl (C=O) groups excluding carboxylic acids is 1. The van der Waals surface area contributed by atoms with E-state index in [9.17, 15) is 9.59 Å². The first kappa shape index (κ1) is 29.5. The van der Waals surface area contributed by atoms with Crippen LogP contribution in [0.5, 0.6) is 0 Å². The van der Waals surface area contributed by atoms with Crippen molar-refractivity contribution in [3.05, 3.63) is 106 Å². The maximum Gasteiger partial charge on any atom is 0.293 e. The van der Waals surface area contributed by atoms with E-state index in [-0.39, 0.29) is 33.7 Å². The summed E-state index contributed by atoms with van der Waals surface area (Å²) in [6.45, 7) is 9.37. The molecule has 5 rings (SSSR count). The van der Waals surface area contributed by atoms with E-state index in [2.05, 4.69) is 41.3 Å². The predicted molar refractivity (Wildman–Crippen MR) is 170 cm³/mol. The molecule has 4 aromatic rings. The highest BCUT2D eigenvalue weighted by Crippen LogP contribution is 2.28. The highest BCUT2D eigenvalue weighted by atomic mass is 32.2. The van der Waals surface area contributed by atoms with Gasteiger partial charge in [0.05, 0.1) is 11.4 Å². The lowest BCUT2D eigenvalue weighted by Crippen LogP contribution is -2.31. The number of anilines is 3. The Labute approximate surface area is 250 Å². The molecule has 42 heavy (non-hydrogen) atoms. The van der Waals surface area contributed by atoms with Crippen LogP contribution in [-0.4, -0.2) is 45.0 Å². The van der Waals surface area contributed by atoms with Gasteiger partial charge in [0.1, 0.15) is 0 Å². The first-order valence-corrected chi connectivity index (χ1v) is 15.2. The number of amides is 1. The summed E-state index contributed by atoms with van der Waals surface area (Å²) in [5.74, 6) is 1.36. The molecule has 0 saturated carbocycles. The maximum atomic E-state index is 15.7. The smallest absolute Gasteiger partial charge is 0.293 e. The lowest BCUT2D eigenvalue weighted by Gasteiger charge is -2.26. The van der Waals surface area contributed by atoms with Gasteiger partial charge in [0.2, 0.25) is 0 Å². The van der Waals surface area contributed by atoms with Crippen molar-refractivity contribution >= 4 is 34.9 Å². The predicted octanol–water partition coefficient (Wildman–Crippen LogP) is 6.43. The minimum Gasteiger partial charge on any atom is -0.336 e. The lowest BCUT2D eigenvalue weighted by atomic mass is 9.87. The molecule has 1 fully saturated rings. The van der Waals surface area contributed by atoms with Crippen molar-refractivity contribution in [2.75, 3.05) is 35.2 Å². The molecule has 218 valence electrons. The largest absolute Gasteiger partial charge is 0.336 e. The summed E-state index contributed by atoms with van der Waals surface area (Å²) < 4.78 is 17.1. The van der Waals surface area contributed by atoms with Crippen molar-refractivity contribution in [1.82, 2.24) is 14.5 Å². The maximum absolute atomic E-state index is 15.7. The number of aryl methyl sites for hydroxylation is 1. The summed E-state index contributed by atoms with van der Waals surface area (Å²) in [5, 5.41) is 5.78. The van der Waals surface area contributed by atoms with Gasteiger partial charge in [-0.2, -0.15) is 11.8 Å². The third kappa shape index (κ3) is 6.91. The molecule has 3 aromatic carbocycles. The Hall–Kier alpha value is -3.95. The van der Waals surface area contributed by atoms with E-state index < -0.39 is 11.7 Å². The zero-order valence-electron chi connectivity index (χ0n) is 24.4. The number of thioether (sulfide) groups is 1. The highest BCUT2D eigenvalue weighted by Gasteiger charge is 2.18. The third-order valence-electron chi connectivity index (χ3n) is 7.33. The molecular formula is C33H36FN5O2S. The van der Waals surface area contributed by atoms with Crippen LogP contribution in [0.2, 0.25) is 0 Å². The molecule has 1 aliphatic heterocycles. The summed E-state index contributed by atoms with van der Waals surface area (Å²) in [5.41, 5.74) is 3.55. The zero-order valence-corrected chi connectivity index (χ0v) is 25.2. The van der Waals surface area contributed by atoms with Crippen LogP contribution in [0.1, 0.15) is 42.3 Å². The van der Waals surface area contributed by atoms with E-state index in [0.717, 1.165) is 36.7 Å². The van der Waals surface area contributed by atoms with Crippen LogP contribution in [0.3, 0.4) is 0 Å². The van der Waals surface area contributed by atoms with E-state index in [0.29, 0.717) is 11.3 Å². The number of nitrogens with one attached hydrogen (secondary N) is 2. The number of aromatic nitrogens is 2. The van der Waals surface area contributed by atoms with Gasteiger partial charge in [0, 0.05) is 61.2 Å². The first-order valence-electron chi connectivity index (χ1n) is 14.0. The Bertz CT molecular complexity index is 1620. The summed E-state index contributed by atoms with van der Waals surface area (Å²) in [4.78, 5) is 32.7. The van der Waals surface area contributed by atoms with E-state index in [1.165, 1.54) is 22.4 Å². The van der Waals surface area contributed by atoms with Crippen LogP contribution in [0.15, 0.2) is 77.7 Å². The van der Waals surface area contributed by atoms with Crippen molar-refractivity contribution in [3.8, 4) is 11.3 Å². The van der Waals surface area contributed by atoms with E-state index in [1.807, 2.05) is 48.2 Å². The number of halogens is 1. The number of nitrogens with zero attached hydrogens (tertiary/aromatic N) is 3. The minimum absolute atomic E-state index is 0.0328. The number of hydrogen-bond donors (Lipinski definition) is 2. The quantitative estimate of drug-likeness (QED) is 0.260. The number of carbonyl (C=O) groups is 1. The summed E-state index contributed by atoms with van der Waals surface area (Å²) >= 11 is 1.99. The minimum atomic E-state index is -0.630. The van der Waals surface area contributed by atoms with Gasteiger partial charge in [-0.25, -0.2) is 9.37 Å². The Balaban J connectivity index is 1.34. The second-order valence-electron chi connectivity index (χ2n) is 11.5. The molecule has 0 unspecified atom stereocenters. The Morgan fingerprint density at radius 1 is 1.00 bits per heavy atom. The number of benzene rings is 3. The van der Waals surface area contributed by atoms with Crippen molar-refractivity contribution in [2.45, 2.75) is 32.7 Å². The van der Waals surface area contributed by atoms with Crippen molar-refractivity contribution in [3.63, 3.8) is 0 Å². The molecule has 2 heterocycles. The molecule has 1 amide bonds. The zero-order chi connectivity index (χ0) is 29.9. The molecule has 0 aliphatic carbocycles. The van der Waals surface area contributed by atoms with Crippen LogP contribution in [0.4, 0.5) is 21.6 Å². The van der Waals surface area contributed by atoms with E-state index in [4.69, 9.17) is 0 Å². The van der Waals surface area contributed by atoms with Gasteiger partial charge in [0.25, 0.3) is 11.5 Å². The summed E-state index contributed by atoms with van der Waals surface area (Å²) in [7, 11) is 1.60. The molecule has 0 radical (unpaired) electrons. The fourth-order valence-corrected chi connectivity index (χ4v) is 5.79. The molecule has 9 heteroatoms. The Morgan fingerprint density at radius 3 is 2.36 bits per heavy atom. The Kier molecular flexibility index (Phi) is 8.80. The highest BCUT2D eigenvalue weighted by molar-refractivity contribution is 7.99. The van der Waals surface area contributed by atoms with Crippen molar-refractivity contribution in [1.29, 1.82) is 0 Å². The lowest BCUT2D eigenvalue weighted by molar-refractivity contribution is 0.102. The topological polar surface area (TPSA) is 79.3 Å². The fourth-order valence-electron chi connectivity index (χ4n) is 4.81. The Morgan fingerprint density at radius 2 is 1.69 bits per heavy atom. The molecule has 0 bridgehead atoms. The van der Waals surface area contributed by atoms with Crippen LogP contribution >= 0.6 is 11.8 Å². The van der Waals surface area contributed by atoms with Gasteiger partial charge in [-0.3, -0.25) is 14.5 Å². The number of rotatable bonds is 7. The van der Waals surface area contributed by atoms with Crippen molar-refractivity contribution in [2.24, 2.45) is 7.05 Å². The van der Waals surface area contributed by atoms with E-state index in [1.54, 1.807) is 31.3 Å². The van der Waals surface area contributed by atoms with Crippen LogP contribution in [0, 0.1) is 5.82 Å². The normalized spacial score (nSPS) is 14.0. The van der Waals surface area contributed by atoms with Gasteiger partial charge in [-0.05, 0) is 52.9 Å². The average Bonchev–Trinajstić information content (AvgIpc) is 2.97. The van der Waals surface area contributed by atoms with Crippen LogP contribution in [-0.2, 0) is 19.0 Å². The summed E-state index contributed by atoms with van der Waals surface area (Å²) in [6, 6.07) is 20.0. The molecule has 0 atom stereocenters. The molecular weight excluding hydrogens is 549 g/mol. The van der Waals surface area contributed by atoms with Crippen LogP contribution in [0.25, 0.3) is 11.3 Å². The van der Waals surface area contributed by atoms with E-state index >= 15 is 4.39 Å². The van der Waals surface area contributed by atoms with Gasteiger partial charge < -0.3 is 15.2 Å². The van der Waals surface area contributed by atoms with Gasteiger partial charge >= 0.3 is 0 Å². The molecule has 1 saturated heterocycles. The monoisotopic (exact) mass is 585 g/mol. The average molecular weight is 586 g/mol. The molecule has 7 nitrogen and oxygen atoms in total. The van der Waals surface area contributed by atoms with Crippen LogP contribution < -0.4 is 16.2 Å². The molecule has 0 spiro atoms. The van der Waals surface area contributed by atoms with Crippen molar-refractivity contribution < 1.29 is 9.18 Å². The first-order chi connectivity index (χ1) is 20.1.